The minimum Gasteiger partial charge on any atom is -0.444 e. The van der Waals surface area contributed by atoms with E-state index in [-0.39, 0.29) is 0 Å². The first kappa shape index (κ1) is 16.7. The summed E-state index contributed by atoms with van der Waals surface area (Å²) in [6.07, 6.45) is 0.315. The van der Waals surface area contributed by atoms with Crippen molar-refractivity contribution in [3.8, 4) is 0 Å². The van der Waals surface area contributed by atoms with E-state index in [1.807, 2.05) is 12.1 Å². The fraction of sp³-hybridized carbons (Fsp3) is 0.467. The maximum absolute atomic E-state index is 11.9. The monoisotopic (exact) mass is 341 g/mol. The zero-order chi connectivity index (χ0) is 15.6. The van der Waals surface area contributed by atoms with Gasteiger partial charge in [0.25, 0.3) is 0 Å². The van der Waals surface area contributed by atoms with Crippen LogP contribution >= 0.6 is 15.9 Å². The van der Waals surface area contributed by atoms with Crippen molar-refractivity contribution >= 4 is 34.0 Å². The molecule has 0 radical (unpaired) electrons. The minimum atomic E-state index is -0.689. The van der Waals surface area contributed by atoms with E-state index >= 15 is 0 Å². The van der Waals surface area contributed by atoms with Crippen LogP contribution in [0.3, 0.4) is 0 Å². The van der Waals surface area contributed by atoms with Crippen LogP contribution in [0.2, 0.25) is 0 Å². The minimum absolute atomic E-state index is 0.543. The van der Waals surface area contributed by atoms with Gasteiger partial charge in [0.2, 0.25) is 0 Å². The van der Waals surface area contributed by atoms with Gasteiger partial charge in [0.1, 0.15) is 11.9 Å². The Hall–Kier alpha value is -1.36. The van der Waals surface area contributed by atoms with Gasteiger partial charge in [0.15, 0.2) is 0 Å². The Balaban J connectivity index is 3.08. The van der Waals surface area contributed by atoms with Crippen LogP contribution in [-0.4, -0.2) is 18.0 Å². The quantitative estimate of drug-likeness (QED) is 0.835. The van der Waals surface area contributed by atoms with Crippen LogP contribution in [0.1, 0.15) is 40.2 Å². The smallest absolute Gasteiger partial charge is 0.412 e. The molecule has 0 unspecified atom stereocenters. The number of carbonyl (C=O) groups excluding carboxylic acids is 2. The number of carbonyl (C=O) groups is 2. The van der Waals surface area contributed by atoms with Crippen molar-refractivity contribution in [1.29, 1.82) is 0 Å². The second-order valence-electron chi connectivity index (χ2n) is 6.16. The number of aldehydes is 1. The zero-order valence-corrected chi connectivity index (χ0v) is 14.0. The number of halogens is 1. The lowest BCUT2D eigenvalue weighted by Crippen LogP contribution is -2.29. The van der Waals surface area contributed by atoms with Gasteiger partial charge in [-0.1, -0.05) is 22.0 Å². The van der Waals surface area contributed by atoms with Gasteiger partial charge >= 0.3 is 6.09 Å². The van der Waals surface area contributed by atoms with Gasteiger partial charge < -0.3 is 9.53 Å². The molecule has 5 heteroatoms. The zero-order valence-electron chi connectivity index (χ0n) is 12.4. The molecule has 0 fully saturated rings. The Morgan fingerprint density at radius 2 is 1.85 bits per heavy atom. The van der Waals surface area contributed by atoms with Gasteiger partial charge in [-0.25, -0.2) is 4.79 Å². The fourth-order valence-corrected chi connectivity index (χ4v) is 2.02. The molecule has 0 heterocycles. The summed E-state index contributed by atoms with van der Waals surface area (Å²) in [6.45, 7) is 8.98. The normalized spacial score (nSPS) is 11.9. The van der Waals surface area contributed by atoms with Gasteiger partial charge in [0, 0.05) is 15.6 Å². The number of hydrogen-bond donors (Lipinski definition) is 1. The SMILES string of the molecule is CC(C)(C)OC(=O)Nc1cc(Br)ccc1C(C)(C)C=O. The molecule has 0 saturated heterocycles. The lowest BCUT2D eigenvalue weighted by molar-refractivity contribution is -0.111. The lowest BCUT2D eigenvalue weighted by atomic mass is 9.85. The Morgan fingerprint density at radius 3 is 2.35 bits per heavy atom. The third kappa shape index (κ3) is 4.63. The van der Waals surface area contributed by atoms with E-state index in [0.717, 1.165) is 16.3 Å². The van der Waals surface area contributed by atoms with Crippen molar-refractivity contribution in [3.05, 3.63) is 28.2 Å². The number of amides is 1. The third-order valence-electron chi connectivity index (χ3n) is 2.61. The number of hydrogen-bond acceptors (Lipinski definition) is 3. The molecule has 1 aromatic rings. The molecule has 0 bridgehead atoms. The largest absolute Gasteiger partial charge is 0.444 e. The van der Waals surface area contributed by atoms with Crippen molar-refractivity contribution in [1.82, 2.24) is 0 Å². The number of nitrogens with one attached hydrogen (secondary N) is 1. The first-order valence-electron chi connectivity index (χ1n) is 6.31. The number of benzene rings is 1. The molecule has 0 aliphatic rings. The molecule has 1 rings (SSSR count). The molecule has 0 aromatic heterocycles. The molecule has 1 amide bonds. The Labute approximate surface area is 128 Å². The van der Waals surface area contributed by atoms with Crippen LogP contribution in [0.15, 0.2) is 22.7 Å². The molecule has 0 saturated carbocycles. The lowest BCUT2D eigenvalue weighted by Gasteiger charge is -2.24. The van der Waals surface area contributed by atoms with Gasteiger partial charge in [-0.2, -0.15) is 0 Å². The summed E-state index contributed by atoms with van der Waals surface area (Å²) >= 11 is 3.36. The average Bonchev–Trinajstić information content (AvgIpc) is 2.25. The standard InChI is InChI=1S/C15H20BrNO3/c1-14(2,3)20-13(19)17-12-8-10(16)6-7-11(12)15(4,5)9-18/h6-9H,1-5H3,(H,17,19). The molecule has 110 valence electrons. The van der Waals surface area contributed by atoms with Crippen LogP contribution in [-0.2, 0) is 14.9 Å². The molecular weight excluding hydrogens is 322 g/mol. The van der Waals surface area contributed by atoms with Crippen LogP contribution in [0.4, 0.5) is 10.5 Å². The topological polar surface area (TPSA) is 55.4 Å². The summed E-state index contributed by atoms with van der Waals surface area (Å²) in [5, 5.41) is 2.70. The second kappa shape index (κ2) is 5.95. The molecule has 1 aromatic carbocycles. The molecule has 4 nitrogen and oxygen atoms in total. The van der Waals surface area contributed by atoms with E-state index < -0.39 is 17.1 Å². The van der Waals surface area contributed by atoms with Crippen molar-refractivity contribution in [2.45, 2.75) is 45.6 Å². The van der Waals surface area contributed by atoms with E-state index in [9.17, 15) is 9.59 Å². The van der Waals surface area contributed by atoms with Crippen molar-refractivity contribution < 1.29 is 14.3 Å². The molecule has 0 aliphatic carbocycles. The van der Waals surface area contributed by atoms with Gasteiger partial charge in [0.05, 0.1) is 0 Å². The predicted molar refractivity (Wildman–Crippen MR) is 83.1 cm³/mol. The molecule has 20 heavy (non-hydrogen) atoms. The van der Waals surface area contributed by atoms with E-state index in [1.165, 1.54) is 0 Å². The summed E-state index contributed by atoms with van der Waals surface area (Å²) in [5.41, 5.74) is 0.0360. The van der Waals surface area contributed by atoms with E-state index in [4.69, 9.17) is 4.74 Å². The second-order valence-corrected chi connectivity index (χ2v) is 7.07. The van der Waals surface area contributed by atoms with Crippen molar-refractivity contribution in [2.75, 3.05) is 5.32 Å². The van der Waals surface area contributed by atoms with Gasteiger partial charge in [-0.05, 0) is 52.3 Å². The predicted octanol–water partition coefficient (Wildman–Crippen LogP) is 4.27. The first-order valence-corrected chi connectivity index (χ1v) is 7.11. The summed E-state index contributed by atoms with van der Waals surface area (Å²) < 4.78 is 6.04. The number of rotatable bonds is 3. The highest BCUT2D eigenvalue weighted by atomic mass is 79.9. The van der Waals surface area contributed by atoms with Crippen LogP contribution in [0, 0.1) is 0 Å². The fourth-order valence-electron chi connectivity index (χ4n) is 1.66. The van der Waals surface area contributed by atoms with Crippen molar-refractivity contribution in [2.24, 2.45) is 0 Å². The maximum Gasteiger partial charge on any atom is 0.412 e. The van der Waals surface area contributed by atoms with Crippen molar-refractivity contribution in [3.63, 3.8) is 0 Å². The van der Waals surface area contributed by atoms with E-state index in [1.54, 1.807) is 40.7 Å². The van der Waals surface area contributed by atoms with E-state index in [0.29, 0.717) is 5.69 Å². The highest BCUT2D eigenvalue weighted by molar-refractivity contribution is 9.10. The number of anilines is 1. The Morgan fingerprint density at radius 1 is 1.25 bits per heavy atom. The maximum atomic E-state index is 11.9. The highest BCUT2D eigenvalue weighted by Gasteiger charge is 2.25. The molecular formula is C15H20BrNO3. The van der Waals surface area contributed by atoms with Crippen LogP contribution in [0.5, 0.6) is 0 Å². The molecule has 0 atom stereocenters. The Bertz CT molecular complexity index is 518. The molecule has 0 aliphatic heterocycles. The van der Waals surface area contributed by atoms with Gasteiger partial charge in [-0.15, -0.1) is 0 Å². The summed E-state index contributed by atoms with van der Waals surface area (Å²) in [7, 11) is 0. The summed E-state index contributed by atoms with van der Waals surface area (Å²) in [4.78, 5) is 23.1. The Kier molecular flexibility index (Phi) is 4.97. The summed E-state index contributed by atoms with van der Waals surface area (Å²) in [5.74, 6) is 0. The first-order chi connectivity index (χ1) is 9.05. The highest BCUT2D eigenvalue weighted by Crippen LogP contribution is 2.31. The van der Waals surface area contributed by atoms with E-state index in [2.05, 4.69) is 21.2 Å². The van der Waals surface area contributed by atoms with Gasteiger partial charge in [-0.3, -0.25) is 5.32 Å². The van der Waals surface area contributed by atoms with Crippen LogP contribution in [0.25, 0.3) is 0 Å². The summed E-state index contributed by atoms with van der Waals surface area (Å²) in [6, 6.07) is 5.40. The molecule has 1 N–H and O–H groups in total. The van der Waals surface area contributed by atoms with Crippen LogP contribution < -0.4 is 5.32 Å². The number of ether oxygens (including phenoxy) is 1. The third-order valence-corrected chi connectivity index (χ3v) is 3.10. The average molecular weight is 342 g/mol. The molecule has 0 spiro atoms.